The van der Waals surface area contributed by atoms with Gasteiger partial charge in [-0.25, -0.2) is 0 Å². The Hall–Kier alpha value is -4.16. The Labute approximate surface area is 235 Å². The first-order chi connectivity index (χ1) is 19.0. The zero-order valence-corrected chi connectivity index (χ0v) is 24.1. The van der Waals surface area contributed by atoms with Crippen molar-refractivity contribution in [1.82, 2.24) is 15.4 Å². The van der Waals surface area contributed by atoms with Gasteiger partial charge in [0.15, 0.2) is 0 Å². The third kappa shape index (κ3) is 6.52. The highest BCUT2D eigenvalue weighted by atomic mass is 16.5. The van der Waals surface area contributed by atoms with Crippen LogP contribution in [0, 0.1) is 24.2 Å². The van der Waals surface area contributed by atoms with Crippen LogP contribution in [0.1, 0.15) is 71.2 Å². The lowest BCUT2D eigenvalue weighted by Gasteiger charge is -2.28. The third-order valence-electron chi connectivity index (χ3n) is 7.42. The van der Waals surface area contributed by atoms with Crippen molar-refractivity contribution in [2.75, 3.05) is 39.1 Å². The van der Waals surface area contributed by atoms with Crippen LogP contribution in [0.5, 0.6) is 5.75 Å². The van der Waals surface area contributed by atoms with Gasteiger partial charge in [0.1, 0.15) is 17.5 Å². The van der Waals surface area contributed by atoms with E-state index in [0.29, 0.717) is 29.4 Å². The van der Waals surface area contributed by atoms with Crippen LogP contribution in [0.15, 0.2) is 40.9 Å². The molecule has 2 heterocycles. The van der Waals surface area contributed by atoms with Crippen LogP contribution in [-0.2, 0) is 5.41 Å². The van der Waals surface area contributed by atoms with Crippen molar-refractivity contribution in [3.8, 4) is 23.1 Å². The van der Waals surface area contributed by atoms with Crippen molar-refractivity contribution in [2.45, 2.75) is 46.0 Å². The highest BCUT2D eigenvalue weighted by molar-refractivity contribution is 6.07. The number of benzene rings is 2. The van der Waals surface area contributed by atoms with Crippen molar-refractivity contribution < 1.29 is 18.8 Å². The molecule has 0 unspecified atom stereocenters. The minimum atomic E-state index is -0.400. The number of rotatable bonds is 7. The standard InChI is InChI=1S/C31H37N5O4/c1-19-7-8-23(34-29(37)25-14-22(31(2,3)4)13-21(17-32)28(25)39-6)15-24(19)26-16-27(40-35-26)30(38)33-18-20-9-11-36(5)12-10-20/h7-8,13-16,20H,9-12,18H2,1-6H3,(H,33,38)(H,34,37). The summed E-state index contributed by atoms with van der Waals surface area (Å²) in [6, 6.07) is 12.7. The monoisotopic (exact) mass is 543 g/mol. The molecule has 40 heavy (non-hydrogen) atoms. The van der Waals surface area contributed by atoms with E-state index >= 15 is 0 Å². The number of aryl methyl sites for hydroxylation is 1. The molecule has 0 radical (unpaired) electrons. The molecule has 1 saturated heterocycles. The second-order valence-electron chi connectivity index (χ2n) is 11.5. The van der Waals surface area contributed by atoms with Gasteiger partial charge in [-0.1, -0.05) is 32.0 Å². The first-order valence-electron chi connectivity index (χ1n) is 13.5. The van der Waals surface area contributed by atoms with Gasteiger partial charge in [0.2, 0.25) is 5.76 Å². The summed E-state index contributed by atoms with van der Waals surface area (Å²) in [4.78, 5) is 28.4. The van der Waals surface area contributed by atoms with Crippen molar-refractivity contribution in [2.24, 2.45) is 5.92 Å². The molecule has 0 bridgehead atoms. The molecular weight excluding hydrogens is 506 g/mol. The first-order valence-corrected chi connectivity index (χ1v) is 13.5. The zero-order chi connectivity index (χ0) is 29.0. The molecular formula is C31H37N5O4. The van der Waals surface area contributed by atoms with Crippen LogP contribution in [0.3, 0.4) is 0 Å². The number of likely N-dealkylation sites (tertiary alicyclic amines) is 1. The van der Waals surface area contributed by atoms with Gasteiger partial charge in [-0.3, -0.25) is 9.59 Å². The minimum Gasteiger partial charge on any atom is -0.495 e. The number of methoxy groups -OCH3 is 1. The third-order valence-corrected chi connectivity index (χ3v) is 7.42. The van der Waals surface area contributed by atoms with E-state index in [2.05, 4.69) is 33.8 Å². The predicted octanol–water partition coefficient (Wildman–Crippen LogP) is 5.15. The summed E-state index contributed by atoms with van der Waals surface area (Å²) in [5, 5.41) is 19.7. The Kier molecular flexibility index (Phi) is 8.60. The van der Waals surface area contributed by atoms with Crippen molar-refractivity contribution >= 4 is 17.5 Å². The summed E-state index contributed by atoms with van der Waals surface area (Å²) < 4.78 is 10.8. The molecule has 1 aliphatic rings. The molecule has 9 nitrogen and oxygen atoms in total. The molecule has 0 aliphatic carbocycles. The van der Waals surface area contributed by atoms with E-state index < -0.39 is 5.91 Å². The molecule has 2 amide bonds. The van der Waals surface area contributed by atoms with Gasteiger partial charge in [-0.2, -0.15) is 5.26 Å². The fourth-order valence-corrected chi connectivity index (χ4v) is 4.81. The maximum absolute atomic E-state index is 13.4. The predicted molar refractivity (Wildman–Crippen MR) is 154 cm³/mol. The Bertz CT molecular complexity index is 1440. The molecule has 3 aromatic rings. The lowest BCUT2D eigenvalue weighted by Crippen LogP contribution is -2.36. The van der Waals surface area contributed by atoms with Crippen LogP contribution in [-0.4, -0.2) is 55.7 Å². The second-order valence-corrected chi connectivity index (χ2v) is 11.5. The molecule has 2 N–H and O–H groups in total. The van der Waals surface area contributed by atoms with E-state index in [4.69, 9.17) is 9.26 Å². The van der Waals surface area contributed by atoms with E-state index in [1.165, 1.54) is 7.11 Å². The number of carbonyl (C=O) groups excluding carboxylic acids is 2. The van der Waals surface area contributed by atoms with E-state index in [1.807, 2.05) is 33.8 Å². The molecule has 0 spiro atoms. The number of hydrogen-bond acceptors (Lipinski definition) is 7. The zero-order valence-electron chi connectivity index (χ0n) is 24.1. The molecule has 210 valence electrons. The van der Waals surface area contributed by atoms with Gasteiger partial charge in [-0.05, 0) is 86.6 Å². The van der Waals surface area contributed by atoms with Crippen molar-refractivity contribution in [3.63, 3.8) is 0 Å². The SMILES string of the molecule is COc1c(C#N)cc(C(C)(C)C)cc1C(=O)Nc1ccc(C)c(-c2cc(C(=O)NCC3CCN(C)CC3)on2)c1. The Balaban J connectivity index is 1.52. The summed E-state index contributed by atoms with van der Waals surface area (Å²) in [6.07, 6.45) is 2.11. The smallest absolute Gasteiger partial charge is 0.289 e. The fourth-order valence-electron chi connectivity index (χ4n) is 4.81. The number of ether oxygens (including phenoxy) is 1. The number of carbonyl (C=O) groups is 2. The number of nitrogens with one attached hydrogen (secondary N) is 2. The van der Waals surface area contributed by atoms with Crippen LogP contribution in [0.2, 0.25) is 0 Å². The quantitative estimate of drug-likeness (QED) is 0.423. The van der Waals surface area contributed by atoms with Gasteiger partial charge in [-0.15, -0.1) is 0 Å². The van der Waals surface area contributed by atoms with Crippen molar-refractivity contribution in [1.29, 1.82) is 5.26 Å². The molecule has 1 aliphatic heterocycles. The summed E-state index contributed by atoms with van der Waals surface area (Å²) in [5.74, 6) is 0.136. The average molecular weight is 544 g/mol. The highest BCUT2D eigenvalue weighted by Gasteiger charge is 2.24. The lowest BCUT2D eigenvalue weighted by atomic mass is 9.84. The van der Waals surface area contributed by atoms with Gasteiger partial charge in [0.05, 0.1) is 18.2 Å². The molecule has 1 aromatic heterocycles. The van der Waals surface area contributed by atoms with Crippen LogP contribution >= 0.6 is 0 Å². The van der Waals surface area contributed by atoms with E-state index in [1.54, 1.807) is 30.3 Å². The van der Waals surface area contributed by atoms with E-state index in [9.17, 15) is 14.9 Å². The second kappa shape index (κ2) is 11.9. The number of nitriles is 1. The molecule has 1 fully saturated rings. The maximum Gasteiger partial charge on any atom is 0.289 e. The number of aromatic nitrogens is 1. The highest BCUT2D eigenvalue weighted by Crippen LogP contribution is 2.33. The largest absolute Gasteiger partial charge is 0.495 e. The topological polar surface area (TPSA) is 120 Å². The van der Waals surface area contributed by atoms with Crippen LogP contribution in [0.25, 0.3) is 11.3 Å². The average Bonchev–Trinajstić information content (AvgIpc) is 3.42. The molecule has 0 atom stereocenters. The lowest BCUT2D eigenvalue weighted by molar-refractivity contribution is 0.0901. The van der Waals surface area contributed by atoms with Gasteiger partial charge in [0.25, 0.3) is 11.8 Å². The molecule has 0 saturated carbocycles. The van der Waals surface area contributed by atoms with Crippen LogP contribution < -0.4 is 15.4 Å². The number of piperidine rings is 1. The minimum absolute atomic E-state index is 0.143. The molecule has 2 aromatic carbocycles. The van der Waals surface area contributed by atoms with E-state index in [-0.39, 0.29) is 28.4 Å². The van der Waals surface area contributed by atoms with Gasteiger partial charge < -0.3 is 24.8 Å². The Morgan fingerprint density at radius 3 is 2.52 bits per heavy atom. The number of anilines is 1. The Morgan fingerprint density at radius 1 is 1.15 bits per heavy atom. The normalized spacial score (nSPS) is 14.4. The number of hydrogen-bond donors (Lipinski definition) is 2. The molecule has 9 heteroatoms. The van der Waals surface area contributed by atoms with Gasteiger partial charge >= 0.3 is 0 Å². The fraction of sp³-hybridized carbons (Fsp3) is 0.419. The van der Waals surface area contributed by atoms with Crippen LogP contribution in [0.4, 0.5) is 5.69 Å². The summed E-state index contributed by atoms with van der Waals surface area (Å²) in [5.41, 5.74) is 3.82. The Morgan fingerprint density at radius 2 is 1.88 bits per heavy atom. The van der Waals surface area contributed by atoms with Crippen molar-refractivity contribution in [3.05, 3.63) is 64.4 Å². The summed E-state index contributed by atoms with van der Waals surface area (Å²) >= 11 is 0. The first kappa shape index (κ1) is 28.8. The summed E-state index contributed by atoms with van der Waals surface area (Å²) in [7, 11) is 3.55. The molecule has 4 rings (SSSR count). The van der Waals surface area contributed by atoms with E-state index in [0.717, 1.165) is 42.6 Å². The summed E-state index contributed by atoms with van der Waals surface area (Å²) in [6.45, 7) is 10.7. The number of nitrogens with zero attached hydrogens (tertiary/aromatic N) is 3. The van der Waals surface area contributed by atoms with Gasteiger partial charge in [0, 0.05) is 23.9 Å². The number of amides is 2. The maximum atomic E-state index is 13.4.